The Labute approximate surface area is 118 Å². The molecular formula is C15H20N4O. The van der Waals surface area contributed by atoms with Crippen LogP contribution in [-0.2, 0) is 0 Å². The van der Waals surface area contributed by atoms with E-state index in [1.807, 2.05) is 39.0 Å². The Morgan fingerprint density at radius 3 is 2.85 bits per heavy atom. The van der Waals surface area contributed by atoms with Crippen LogP contribution in [0, 0.1) is 6.92 Å². The first-order chi connectivity index (χ1) is 9.61. The number of H-pyrrole nitrogens is 1. The van der Waals surface area contributed by atoms with Crippen LogP contribution in [-0.4, -0.2) is 22.6 Å². The minimum Gasteiger partial charge on any atom is -0.385 e. The highest BCUT2D eigenvalue weighted by Gasteiger charge is 2.14. The lowest BCUT2D eigenvalue weighted by Crippen LogP contribution is -2.27. The molecule has 20 heavy (non-hydrogen) atoms. The van der Waals surface area contributed by atoms with Crippen LogP contribution in [0.5, 0.6) is 0 Å². The number of aromatic amines is 1. The molecule has 1 unspecified atom stereocenters. The van der Waals surface area contributed by atoms with Gasteiger partial charge in [-0.15, -0.1) is 0 Å². The van der Waals surface area contributed by atoms with Crippen LogP contribution in [0.2, 0.25) is 0 Å². The molecule has 3 N–H and O–H groups in total. The molecule has 1 atom stereocenters. The minimum atomic E-state index is -0.0749. The van der Waals surface area contributed by atoms with Gasteiger partial charge in [-0.2, -0.15) is 5.10 Å². The van der Waals surface area contributed by atoms with E-state index in [1.54, 1.807) is 12.4 Å². The number of hydrogen-bond donors (Lipinski definition) is 3. The van der Waals surface area contributed by atoms with Gasteiger partial charge in [-0.05, 0) is 44.5 Å². The van der Waals surface area contributed by atoms with Gasteiger partial charge in [-0.1, -0.05) is 0 Å². The summed E-state index contributed by atoms with van der Waals surface area (Å²) in [5.74, 6) is -0.0701. The van der Waals surface area contributed by atoms with Crippen molar-refractivity contribution >= 4 is 11.6 Å². The molecule has 0 saturated carbocycles. The Bertz CT molecular complexity index is 578. The van der Waals surface area contributed by atoms with Gasteiger partial charge in [0.25, 0.3) is 5.91 Å². The van der Waals surface area contributed by atoms with Gasteiger partial charge < -0.3 is 10.6 Å². The fourth-order valence-electron chi connectivity index (χ4n) is 2.09. The van der Waals surface area contributed by atoms with E-state index in [9.17, 15) is 4.79 Å². The first-order valence-electron chi connectivity index (χ1n) is 6.76. The molecule has 1 heterocycles. The number of anilines is 1. The first-order valence-corrected chi connectivity index (χ1v) is 6.76. The van der Waals surface area contributed by atoms with Crippen molar-refractivity contribution in [1.82, 2.24) is 15.5 Å². The van der Waals surface area contributed by atoms with E-state index < -0.39 is 0 Å². The maximum absolute atomic E-state index is 12.3. The summed E-state index contributed by atoms with van der Waals surface area (Å²) in [7, 11) is 0. The normalized spacial score (nSPS) is 11.9. The van der Waals surface area contributed by atoms with Crippen molar-refractivity contribution in [3.05, 3.63) is 47.3 Å². The molecule has 0 spiro atoms. The van der Waals surface area contributed by atoms with E-state index in [0.29, 0.717) is 5.56 Å². The standard InChI is InChI=1S/C15H20N4O/c1-4-16-13-5-6-14(10(2)7-13)15(20)19-11(3)12-8-17-18-9-12/h5-9,11,16H,4H2,1-3H3,(H,17,18)(H,19,20). The smallest absolute Gasteiger partial charge is 0.252 e. The molecule has 106 valence electrons. The van der Waals surface area contributed by atoms with Gasteiger partial charge in [-0.25, -0.2) is 0 Å². The topological polar surface area (TPSA) is 69.8 Å². The van der Waals surface area contributed by atoms with Crippen molar-refractivity contribution in [2.45, 2.75) is 26.8 Å². The molecule has 2 aromatic rings. The minimum absolute atomic E-state index is 0.0701. The summed E-state index contributed by atoms with van der Waals surface area (Å²) in [5.41, 5.74) is 3.65. The molecule has 0 fully saturated rings. The first kappa shape index (κ1) is 14.1. The highest BCUT2D eigenvalue weighted by Crippen LogP contribution is 2.17. The Hall–Kier alpha value is -2.30. The lowest BCUT2D eigenvalue weighted by molar-refractivity contribution is 0.0939. The third-order valence-corrected chi connectivity index (χ3v) is 3.22. The third-order valence-electron chi connectivity index (χ3n) is 3.22. The van der Waals surface area contributed by atoms with Crippen LogP contribution in [0.3, 0.4) is 0 Å². The maximum atomic E-state index is 12.3. The number of carbonyl (C=O) groups is 1. The maximum Gasteiger partial charge on any atom is 0.252 e. The Balaban J connectivity index is 2.09. The molecule has 5 heteroatoms. The lowest BCUT2D eigenvalue weighted by atomic mass is 10.1. The fraction of sp³-hybridized carbons (Fsp3) is 0.333. The summed E-state index contributed by atoms with van der Waals surface area (Å²) in [5, 5.41) is 12.8. The average Bonchev–Trinajstić information content (AvgIpc) is 2.93. The zero-order chi connectivity index (χ0) is 14.5. The summed E-state index contributed by atoms with van der Waals surface area (Å²) < 4.78 is 0. The lowest BCUT2D eigenvalue weighted by Gasteiger charge is -2.14. The average molecular weight is 272 g/mol. The molecule has 0 aliphatic heterocycles. The fourth-order valence-corrected chi connectivity index (χ4v) is 2.09. The Kier molecular flexibility index (Phi) is 4.40. The van der Waals surface area contributed by atoms with Crippen LogP contribution in [0.4, 0.5) is 5.69 Å². The van der Waals surface area contributed by atoms with Crippen molar-refractivity contribution in [3.63, 3.8) is 0 Å². The molecule has 0 saturated heterocycles. The van der Waals surface area contributed by atoms with E-state index in [0.717, 1.165) is 23.4 Å². The van der Waals surface area contributed by atoms with Crippen molar-refractivity contribution in [2.24, 2.45) is 0 Å². The monoisotopic (exact) mass is 272 g/mol. The van der Waals surface area contributed by atoms with Gasteiger partial charge in [-0.3, -0.25) is 9.89 Å². The van der Waals surface area contributed by atoms with Crippen molar-refractivity contribution < 1.29 is 4.79 Å². The summed E-state index contributed by atoms with van der Waals surface area (Å²) >= 11 is 0. The number of nitrogens with one attached hydrogen (secondary N) is 3. The van der Waals surface area contributed by atoms with Gasteiger partial charge >= 0.3 is 0 Å². The summed E-state index contributed by atoms with van der Waals surface area (Å²) in [6, 6.07) is 5.69. The number of hydrogen-bond acceptors (Lipinski definition) is 3. The van der Waals surface area contributed by atoms with Gasteiger partial charge in [0, 0.05) is 29.6 Å². The zero-order valence-corrected chi connectivity index (χ0v) is 12.0. The molecule has 1 amide bonds. The molecular weight excluding hydrogens is 252 g/mol. The van der Waals surface area contributed by atoms with E-state index in [4.69, 9.17) is 0 Å². The van der Waals surface area contributed by atoms with E-state index in [-0.39, 0.29) is 11.9 Å². The van der Waals surface area contributed by atoms with Crippen molar-refractivity contribution in [1.29, 1.82) is 0 Å². The summed E-state index contributed by atoms with van der Waals surface area (Å²) in [6.07, 6.45) is 3.50. The Morgan fingerprint density at radius 1 is 1.45 bits per heavy atom. The van der Waals surface area contributed by atoms with Gasteiger partial charge in [0.2, 0.25) is 0 Å². The summed E-state index contributed by atoms with van der Waals surface area (Å²) in [6.45, 7) is 6.79. The van der Waals surface area contributed by atoms with Crippen LogP contribution in [0.1, 0.15) is 41.4 Å². The molecule has 0 bridgehead atoms. The highest BCUT2D eigenvalue weighted by molar-refractivity contribution is 5.96. The van der Waals surface area contributed by atoms with Gasteiger partial charge in [0.1, 0.15) is 0 Å². The molecule has 5 nitrogen and oxygen atoms in total. The largest absolute Gasteiger partial charge is 0.385 e. The summed E-state index contributed by atoms with van der Waals surface area (Å²) in [4.78, 5) is 12.3. The molecule has 0 radical (unpaired) electrons. The second kappa shape index (κ2) is 6.23. The number of carbonyl (C=O) groups excluding carboxylic acids is 1. The predicted octanol–water partition coefficient (Wildman–Crippen LogP) is 2.64. The SMILES string of the molecule is CCNc1ccc(C(=O)NC(C)c2cn[nH]c2)c(C)c1. The number of amides is 1. The van der Waals surface area contributed by atoms with Crippen molar-refractivity contribution in [3.8, 4) is 0 Å². The number of rotatable bonds is 5. The molecule has 0 aliphatic carbocycles. The van der Waals surface area contributed by atoms with Crippen LogP contribution >= 0.6 is 0 Å². The number of benzene rings is 1. The third kappa shape index (κ3) is 3.17. The Morgan fingerprint density at radius 2 is 2.25 bits per heavy atom. The van der Waals surface area contributed by atoms with Crippen molar-refractivity contribution in [2.75, 3.05) is 11.9 Å². The molecule has 2 rings (SSSR count). The van der Waals surface area contributed by atoms with E-state index in [2.05, 4.69) is 20.8 Å². The predicted molar refractivity (Wildman–Crippen MR) is 79.8 cm³/mol. The van der Waals surface area contributed by atoms with Gasteiger partial charge in [0.05, 0.1) is 12.2 Å². The van der Waals surface area contributed by atoms with Gasteiger partial charge in [0.15, 0.2) is 0 Å². The van der Waals surface area contributed by atoms with E-state index >= 15 is 0 Å². The number of aromatic nitrogens is 2. The van der Waals surface area contributed by atoms with Crippen LogP contribution in [0.25, 0.3) is 0 Å². The van der Waals surface area contributed by atoms with Crippen LogP contribution in [0.15, 0.2) is 30.6 Å². The molecule has 1 aromatic carbocycles. The number of nitrogens with zero attached hydrogens (tertiary/aromatic N) is 1. The number of aryl methyl sites for hydroxylation is 1. The highest BCUT2D eigenvalue weighted by atomic mass is 16.1. The zero-order valence-electron chi connectivity index (χ0n) is 12.0. The quantitative estimate of drug-likeness (QED) is 0.783. The van der Waals surface area contributed by atoms with Crippen LogP contribution < -0.4 is 10.6 Å². The molecule has 1 aromatic heterocycles. The molecule has 0 aliphatic rings. The second-order valence-corrected chi connectivity index (χ2v) is 4.79. The second-order valence-electron chi connectivity index (χ2n) is 4.79. The van der Waals surface area contributed by atoms with E-state index in [1.165, 1.54) is 0 Å².